The number of thiophene rings is 1. The zero-order valence-corrected chi connectivity index (χ0v) is 22.8. The van der Waals surface area contributed by atoms with Gasteiger partial charge in [0.15, 0.2) is 6.29 Å². The normalized spacial score (nSPS) is 19.2. The van der Waals surface area contributed by atoms with E-state index in [1.54, 1.807) is 6.92 Å². The lowest BCUT2D eigenvalue weighted by Gasteiger charge is -2.30. The van der Waals surface area contributed by atoms with Crippen molar-refractivity contribution < 1.29 is 19.1 Å². The maximum absolute atomic E-state index is 13.4. The first-order valence-corrected chi connectivity index (χ1v) is 14.5. The fourth-order valence-corrected chi connectivity index (χ4v) is 5.97. The van der Waals surface area contributed by atoms with Crippen molar-refractivity contribution in [2.45, 2.75) is 71.1 Å². The van der Waals surface area contributed by atoms with Gasteiger partial charge in [0.25, 0.3) is 5.91 Å². The minimum atomic E-state index is -0.567. The summed E-state index contributed by atoms with van der Waals surface area (Å²) < 4.78 is 5.12. The lowest BCUT2D eigenvalue weighted by Crippen LogP contribution is -2.55. The molecule has 0 saturated heterocycles. The number of benzene rings is 1. The molecule has 0 radical (unpaired) electrons. The smallest absolute Gasteiger partial charge is 0.409 e. The van der Waals surface area contributed by atoms with E-state index < -0.39 is 12.4 Å². The maximum atomic E-state index is 13.4. The quantitative estimate of drug-likeness (QED) is 0.274. The van der Waals surface area contributed by atoms with Gasteiger partial charge in [-0.05, 0) is 82.4 Å². The summed E-state index contributed by atoms with van der Waals surface area (Å²) in [6.07, 6.45) is 5.30. The van der Waals surface area contributed by atoms with Gasteiger partial charge in [-0.1, -0.05) is 17.7 Å². The zero-order chi connectivity index (χ0) is 26.6. The number of alkyl carbamates (subject to hydrolysis) is 1. The van der Waals surface area contributed by atoms with Gasteiger partial charge in [-0.25, -0.2) is 4.79 Å². The van der Waals surface area contributed by atoms with Crippen LogP contribution in [0, 0.1) is 18.8 Å². The van der Waals surface area contributed by atoms with E-state index in [1.807, 2.05) is 31.2 Å². The van der Waals surface area contributed by atoms with Crippen LogP contribution in [0.15, 0.2) is 24.3 Å². The predicted molar refractivity (Wildman–Crippen MR) is 148 cm³/mol. The van der Waals surface area contributed by atoms with E-state index in [-0.39, 0.29) is 30.4 Å². The summed E-state index contributed by atoms with van der Waals surface area (Å²) >= 11 is 1.53. The minimum absolute atomic E-state index is 0.00365. The van der Waals surface area contributed by atoms with Crippen LogP contribution in [0.25, 0.3) is 0 Å². The molecule has 3 amide bonds. The van der Waals surface area contributed by atoms with E-state index in [0.29, 0.717) is 29.4 Å². The molecule has 3 aliphatic carbocycles. The Morgan fingerprint density at radius 3 is 2.53 bits per heavy atom. The number of anilines is 2. The largest absolute Gasteiger partial charge is 0.450 e. The molecule has 5 N–H and O–H groups in total. The second-order valence-corrected chi connectivity index (χ2v) is 11.6. The molecule has 1 heterocycles. The summed E-state index contributed by atoms with van der Waals surface area (Å²) in [5.74, 6) is 0.527. The summed E-state index contributed by atoms with van der Waals surface area (Å²) in [6, 6.07) is 7.94. The van der Waals surface area contributed by atoms with Crippen molar-refractivity contribution in [3.8, 4) is 0 Å². The molecule has 2 unspecified atom stereocenters. The summed E-state index contributed by atoms with van der Waals surface area (Å²) in [4.78, 5) is 39.4. The van der Waals surface area contributed by atoms with Gasteiger partial charge in [0.05, 0.1) is 12.2 Å². The number of ether oxygens (including phenoxy) is 1. The summed E-state index contributed by atoms with van der Waals surface area (Å²) in [5, 5.41) is 16.5. The Morgan fingerprint density at radius 2 is 1.84 bits per heavy atom. The van der Waals surface area contributed by atoms with Crippen molar-refractivity contribution in [2.75, 3.05) is 23.8 Å². The highest BCUT2D eigenvalue weighted by atomic mass is 32.1. The van der Waals surface area contributed by atoms with Crippen LogP contribution in [0.4, 0.5) is 15.5 Å². The molecule has 10 heteroatoms. The van der Waals surface area contributed by atoms with E-state index >= 15 is 0 Å². The number of nitrogens with one attached hydrogen (secondary N) is 5. The van der Waals surface area contributed by atoms with Gasteiger partial charge < -0.3 is 20.7 Å². The Hall–Kier alpha value is -3.11. The molecule has 0 bridgehead atoms. The van der Waals surface area contributed by atoms with Crippen LogP contribution in [0.2, 0.25) is 0 Å². The molecule has 1 aromatic carbocycles. The van der Waals surface area contributed by atoms with E-state index in [1.165, 1.54) is 11.3 Å². The molecule has 2 aromatic rings. The van der Waals surface area contributed by atoms with Crippen molar-refractivity contribution in [1.82, 2.24) is 16.0 Å². The number of amides is 3. The van der Waals surface area contributed by atoms with Crippen LogP contribution < -0.4 is 26.6 Å². The SMILES string of the molecule is CCOC(=O)NC(Nc1ccc(C)cc1)NC1CCc2sc(NC(=O)C3CC3)c(C(=O)NCC3CC3)c2C1. The van der Waals surface area contributed by atoms with Crippen LogP contribution in [0.5, 0.6) is 0 Å². The molecule has 0 aliphatic heterocycles. The van der Waals surface area contributed by atoms with Crippen LogP contribution in [0.3, 0.4) is 0 Å². The fraction of sp³-hybridized carbons (Fsp3) is 0.536. The van der Waals surface area contributed by atoms with Gasteiger partial charge in [0.1, 0.15) is 5.00 Å². The molecule has 0 spiro atoms. The molecule has 9 nitrogen and oxygen atoms in total. The number of fused-ring (bicyclic) bond motifs is 1. The lowest BCUT2D eigenvalue weighted by molar-refractivity contribution is -0.117. The molecule has 5 rings (SSSR count). The minimum Gasteiger partial charge on any atom is -0.450 e. The third kappa shape index (κ3) is 6.85. The van der Waals surface area contributed by atoms with E-state index in [2.05, 4.69) is 26.6 Å². The Morgan fingerprint density at radius 1 is 1.08 bits per heavy atom. The lowest BCUT2D eigenvalue weighted by atomic mass is 9.91. The van der Waals surface area contributed by atoms with Gasteiger partial charge in [-0.3, -0.25) is 20.2 Å². The molecule has 2 atom stereocenters. The average Bonchev–Trinajstić information content (AvgIpc) is 3.81. The van der Waals surface area contributed by atoms with Gasteiger partial charge in [-0.2, -0.15) is 0 Å². The topological polar surface area (TPSA) is 121 Å². The molecule has 204 valence electrons. The number of carbonyl (C=O) groups excluding carboxylic acids is 3. The summed E-state index contributed by atoms with van der Waals surface area (Å²) in [7, 11) is 0. The van der Waals surface area contributed by atoms with Gasteiger partial charge in [-0.15, -0.1) is 11.3 Å². The highest BCUT2D eigenvalue weighted by Crippen LogP contribution is 2.40. The molecule has 2 saturated carbocycles. The van der Waals surface area contributed by atoms with Crippen LogP contribution in [-0.2, 0) is 22.4 Å². The monoisotopic (exact) mass is 539 g/mol. The zero-order valence-electron chi connectivity index (χ0n) is 22.0. The van der Waals surface area contributed by atoms with Crippen LogP contribution >= 0.6 is 11.3 Å². The first-order chi connectivity index (χ1) is 18.4. The Labute approximate surface area is 227 Å². The highest BCUT2D eigenvalue weighted by Gasteiger charge is 2.34. The Balaban J connectivity index is 1.33. The van der Waals surface area contributed by atoms with Gasteiger partial charge in [0, 0.05) is 29.1 Å². The van der Waals surface area contributed by atoms with Crippen LogP contribution in [-0.4, -0.2) is 43.4 Å². The summed E-state index contributed by atoms with van der Waals surface area (Å²) in [5.41, 5.74) is 3.60. The van der Waals surface area contributed by atoms with Crippen molar-refractivity contribution in [3.05, 3.63) is 45.8 Å². The molecule has 1 aromatic heterocycles. The molecular weight excluding hydrogens is 502 g/mol. The first-order valence-electron chi connectivity index (χ1n) is 13.7. The van der Waals surface area contributed by atoms with Crippen molar-refractivity contribution in [3.63, 3.8) is 0 Å². The highest BCUT2D eigenvalue weighted by molar-refractivity contribution is 7.17. The van der Waals surface area contributed by atoms with Crippen molar-refractivity contribution in [1.29, 1.82) is 0 Å². The van der Waals surface area contributed by atoms with Crippen molar-refractivity contribution >= 4 is 39.9 Å². The van der Waals surface area contributed by atoms with Crippen molar-refractivity contribution in [2.24, 2.45) is 11.8 Å². The molecular formula is C28H37N5O4S. The standard InChI is InChI=1S/C28H37N5O4S/c1-3-37-28(36)33-27(30-19-10-4-16(2)5-11-19)31-20-12-13-22-21(14-20)23(25(35)29-15-17-6-7-17)26(38-22)32-24(34)18-8-9-18/h4-5,10-11,17-18,20,27,30-31H,3,6-9,12-15H2,1-2H3,(H,29,35)(H,32,34)(H,33,36). The van der Waals surface area contributed by atoms with E-state index in [4.69, 9.17) is 4.74 Å². The molecule has 38 heavy (non-hydrogen) atoms. The third-order valence-electron chi connectivity index (χ3n) is 7.22. The predicted octanol–water partition coefficient (Wildman–Crippen LogP) is 4.13. The Kier molecular flexibility index (Phi) is 8.18. The first kappa shape index (κ1) is 26.5. The fourth-order valence-electron chi connectivity index (χ4n) is 4.72. The number of carbonyl (C=O) groups is 3. The van der Waals surface area contributed by atoms with Gasteiger partial charge >= 0.3 is 6.09 Å². The third-order valence-corrected chi connectivity index (χ3v) is 8.43. The van der Waals surface area contributed by atoms with Crippen LogP contribution in [0.1, 0.15) is 65.4 Å². The van der Waals surface area contributed by atoms with E-state index in [0.717, 1.165) is 60.2 Å². The Bertz CT molecular complexity index is 1170. The average molecular weight is 540 g/mol. The number of aryl methyl sites for hydroxylation is 2. The molecule has 2 fully saturated rings. The van der Waals surface area contributed by atoms with Gasteiger partial charge in [0.2, 0.25) is 5.91 Å². The second kappa shape index (κ2) is 11.7. The van der Waals surface area contributed by atoms with E-state index in [9.17, 15) is 14.4 Å². The maximum Gasteiger partial charge on any atom is 0.409 e. The number of hydrogen-bond acceptors (Lipinski definition) is 7. The summed E-state index contributed by atoms with van der Waals surface area (Å²) in [6.45, 7) is 4.74. The second-order valence-electron chi connectivity index (χ2n) is 10.5. The number of hydrogen-bond donors (Lipinski definition) is 5. The molecule has 3 aliphatic rings. The number of rotatable bonds is 11.